The summed E-state index contributed by atoms with van der Waals surface area (Å²) in [5, 5.41) is 12.3. The van der Waals surface area contributed by atoms with E-state index in [4.69, 9.17) is 0 Å². The van der Waals surface area contributed by atoms with Crippen molar-refractivity contribution in [2.75, 3.05) is 6.54 Å². The molecule has 0 unspecified atom stereocenters. The summed E-state index contributed by atoms with van der Waals surface area (Å²) < 4.78 is 3.94. The number of aryl methyl sites for hydroxylation is 2. The highest BCUT2D eigenvalue weighted by Crippen LogP contribution is 2.08. The van der Waals surface area contributed by atoms with Crippen LogP contribution in [0.5, 0.6) is 0 Å². The van der Waals surface area contributed by atoms with E-state index in [2.05, 4.69) is 55.6 Å². The zero-order valence-corrected chi connectivity index (χ0v) is 12.9. The fourth-order valence-corrected chi connectivity index (χ4v) is 2.16. The average molecular weight is 275 g/mol. The minimum Gasteiger partial charge on any atom is -0.312 e. The lowest BCUT2D eigenvalue weighted by Crippen LogP contribution is -2.19. The van der Waals surface area contributed by atoms with E-state index >= 15 is 0 Å². The van der Waals surface area contributed by atoms with Gasteiger partial charge in [0.2, 0.25) is 0 Å². The molecule has 2 aromatic heterocycles. The molecule has 2 heterocycles. The molecule has 0 radical (unpaired) electrons. The topological polar surface area (TPSA) is 47.7 Å². The number of hydrogen-bond donors (Lipinski definition) is 1. The van der Waals surface area contributed by atoms with Gasteiger partial charge in [-0.2, -0.15) is 10.2 Å². The third kappa shape index (κ3) is 3.93. The van der Waals surface area contributed by atoms with Crippen LogP contribution in [0.1, 0.15) is 37.6 Å². The van der Waals surface area contributed by atoms with Crippen molar-refractivity contribution in [3.05, 3.63) is 35.4 Å². The molecule has 0 aromatic carbocycles. The molecule has 0 fully saturated rings. The molecule has 2 rings (SSSR count). The van der Waals surface area contributed by atoms with Gasteiger partial charge in [0, 0.05) is 36.6 Å². The second kappa shape index (κ2) is 6.70. The first-order valence-corrected chi connectivity index (χ1v) is 7.33. The van der Waals surface area contributed by atoms with Gasteiger partial charge < -0.3 is 5.32 Å². The second-order valence-electron chi connectivity index (χ2n) is 5.67. The van der Waals surface area contributed by atoms with E-state index in [0.717, 1.165) is 31.9 Å². The van der Waals surface area contributed by atoms with Gasteiger partial charge in [0.25, 0.3) is 0 Å². The molecule has 0 atom stereocenters. The van der Waals surface area contributed by atoms with Crippen molar-refractivity contribution in [1.29, 1.82) is 0 Å². The molecule has 1 N–H and O–H groups in total. The Hall–Kier alpha value is -1.62. The van der Waals surface area contributed by atoms with E-state index in [1.165, 1.54) is 11.1 Å². The Kier molecular flexibility index (Phi) is 4.95. The van der Waals surface area contributed by atoms with Crippen LogP contribution >= 0.6 is 0 Å². The van der Waals surface area contributed by atoms with Crippen LogP contribution in [0, 0.1) is 12.8 Å². The molecule has 0 amide bonds. The van der Waals surface area contributed by atoms with Crippen molar-refractivity contribution in [2.24, 2.45) is 5.92 Å². The molecule has 0 aliphatic heterocycles. The van der Waals surface area contributed by atoms with E-state index in [-0.39, 0.29) is 0 Å². The second-order valence-corrected chi connectivity index (χ2v) is 5.67. The number of rotatable bonds is 7. The van der Waals surface area contributed by atoms with Crippen LogP contribution in [-0.2, 0) is 19.6 Å². The highest BCUT2D eigenvalue weighted by atomic mass is 15.3. The van der Waals surface area contributed by atoms with Crippen molar-refractivity contribution in [2.45, 2.75) is 47.3 Å². The molecule has 0 saturated carbocycles. The summed E-state index contributed by atoms with van der Waals surface area (Å²) in [4.78, 5) is 0. The minimum atomic E-state index is 0.672. The molecule has 20 heavy (non-hydrogen) atoms. The Labute approximate surface area is 121 Å². The standard InChI is InChI=1S/C15H25N5/c1-5-19-9-14(7-17-19)10-20-11-15(13(4)18-20)8-16-6-12(2)3/h7,9,11-12,16H,5-6,8,10H2,1-4H3. The van der Waals surface area contributed by atoms with E-state index in [1.54, 1.807) is 0 Å². The van der Waals surface area contributed by atoms with Gasteiger partial charge in [-0.3, -0.25) is 9.36 Å². The van der Waals surface area contributed by atoms with Crippen LogP contribution in [-0.4, -0.2) is 26.1 Å². The predicted octanol–water partition coefficient (Wildman–Crippen LogP) is 2.20. The van der Waals surface area contributed by atoms with Gasteiger partial charge >= 0.3 is 0 Å². The molecular formula is C15H25N5. The van der Waals surface area contributed by atoms with Crippen molar-refractivity contribution >= 4 is 0 Å². The fraction of sp³-hybridized carbons (Fsp3) is 0.600. The third-order valence-electron chi connectivity index (χ3n) is 3.27. The van der Waals surface area contributed by atoms with Gasteiger partial charge in [-0.25, -0.2) is 0 Å². The van der Waals surface area contributed by atoms with Crippen molar-refractivity contribution in [3.8, 4) is 0 Å². The summed E-state index contributed by atoms with van der Waals surface area (Å²) in [5.74, 6) is 0.672. The van der Waals surface area contributed by atoms with Crippen LogP contribution in [0.2, 0.25) is 0 Å². The van der Waals surface area contributed by atoms with Crippen molar-refractivity contribution in [1.82, 2.24) is 24.9 Å². The maximum atomic E-state index is 4.58. The number of nitrogens with one attached hydrogen (secondary N) is 1. The van der Waals surface area contributed by atoms with E-state index in [1.807, 2.05) is 15.6 Å². The van der Waals surface area contributed by atoms with Gasteiger partial charge in [0.1, 0.15) is 0 Å². The van der Waals surface area contributed by atoms with E-state index in [9.17, 15) is 0 Å². The first kappa shape index (κ1) is 14.8. The number of nitrogens with zero attached hydrogens (tertiary/aromatic N) is 4. The molecule has 5 heteroatoms. The number of aromatic nitrogens is 4. The smallest absolute Gasteiger partial charge is 0.0690 e. The van der Waals surface area contributed by atoms with Crippen molar-refractivity contribution in [3.63, 3.8) is 0 Å². The van der Waals surface area contributed by atoms with Crippen LogP contribution in [0.25, 0.3) is 0 Å². The number of hydrogen-bond acceptors (Lipinski definition) is 3. The maximum absolute atomic E-state index is 4.58. The molecule has 0 saturated heterocycles. The summed E-state index contributed by atoms with van der Waals surface area (Å²) in [7, 11) is 0. The summed E-state index contributed by atoms with van der Waals surface area (Å²) in [5.41, 5.74) is 3.56. The molecule has 0 spiro atoms. The molecule has 110 valence electrons. The molecule has 0 aliphatic carbocycles. The molecule has 0 bridgehead atoms. The normalized spacial score (nSPS) is 11.4. The Balaban J connectivity index is 1.96. The SMILES string of the molecule is CCn1cc(Cn2cc(CNCC(C)C)c(C)n2)cn1. The average Bonchev–Trinajstić information content (AvgIpc) is 2.97. The lowest BCUT2D eigenvalue weighted by Gasteiger charge is -2.05. The summed E-state index contributed by atoms with van der Waals surface area (Å²) in [6, 6.07) is 0. The highest BCUT2D eigenvalue weighted by Gasteiger charge is 2.06. The Morgan fingerprint density at radius 3 is 2.70 bits per heavy atom. The zero-order valence-electron chi connectivity index (χ0n) is 12.9. The Morgan fingerprint density at radius 1 is 1.25 bits per heavy atom. The lowest BCUT2D eigenvalue weighted by atomic mass is 10.2. The molecule has 0 aliphatic rings. The van der Waals surface area contributed by atoms with Gasteiger partial charge in [0.15, 0.2) is 0 Å². The van der Waals surface area contributed by atoms with E-state index in [0.29, 0.717) is 5.92 Å². The van der Waals surface area contributed by atoms with Crippen LogP contribution in [0.15, 0.2) is 18.6 Å². The Bertz CT molecular complexity index is 538. The van der Waals surface area contributed by atoms with Gasteiger partial charge in [0.05, 0.1) is 18.4 Å². The summed E-state index contributed by atoms with van der Waals surface area (Å²) in [6.45, 7) is 12.2. The lowest BCUT2D eigenvalue weighted by molar-refractivity contribution is 0.551. The van der Waals surface area contributed by atoms with Crippen LogP contribution in [0.3, 0.4) is 0 Å². The predicted molar refractivity (Wildman–Crippen MR) is 80.5 cm³/mol. The first-order chi connectivity index (χ1) is 9.58. The highest BCUT2D eigenvalue weighted by molar-refractivity contribution is 5.16. The van der Waals surface area contributed by atoms with E-state index < -0.39 is 0 Å². The summed E-state index contributed by atoms with van der Waals surface area (Å²) >= 11 is 0. The molecule has 2 aromatic rings. The van der Waals surface area contributed by atoms with Gasteiger partial charge in [-0.1, -0.05) is 13.8 Å². The van der Waals surface area contributed by atoms with Crippen LogP contribution in [0.4, 0.5) is 0 Å². The fourth-order valence-electron chi connectivity index (χ4n) is 2.16. The zero-order chi connectivity index (χ0) is 14.5. The van der Waals surface area contributed by atoms with Crippen LogP contribution < -0.4 is 5.32 Å². The molecule has 5 nitrogen and oxygen atoms in total. The molecular weight excluding hydrogens is 250 g/mol. The van der Waals surface area contributed by atoms with Gasteiger partial charge in [-0.15, -0.1) is 0 Å². The Morgan fingerprint density at radius 2 is 2.05 bits per heavy atom. The summed E-state index contributed by atoms with van der Waals surface area (Å²) in [6.07, 6.45) is 6.12. The van der Waals surface area contributed by atoms with Crippen molar-refractivity contribution < 1.29 is 0 Å². The monoisotopic (exact) mass is 275 g/mol. The maximum Gasteiger partial charge on any atom is 0.0690 e. The minimum absolute atomic E-state index is 0.672. The third-order valence-corrected chi connectivity index (χ3v) is 3.27. The first-order valence-electron chi connectivity index (χ1n) is 7.33. The quantitative estimate of drug-likeness (QED) is 0.842. The van der Waals surface area contributed by atoms with Gasteiger partial charge in [-0.05, 0) is 26.3 Å². The largest absolute Gasteiger partial charge is 0.312 e.